The highest BCUT2D eigenvalue weighted by atomic mass is 35.5. The number of rotatable bonds is 6. The Morgan fingerprint density at radius 2 is 2.08 bits per heavy atom. The van der Waals surface area contributed by atoms with Crippen LogP contribution >= 0.6 is 11.6 Å². The lowest BCUT2D eigenvalue weighted by molar-refractivity contribution is 0.173. The monoisotopic (exact) mass is 374 g/mol. The van der Waals surface area contributed by atoms with E-state index in [-0.39, 0.29) is 0 Å². The van der Waals surface area contributed by atoms with Crippen LogP contribution < -0.4 is 0 Å². The van der Waals surface area contributed by atoms with Gasteiger partial charge in [-0.2, -0.15) is 4.98 Å². The molecule has 0 bridgehead atoms. The van der Waals surface area contributed by atoms with Crippen molar-refractivity contribution in [1.82, 2.24) is 20.0 Å². The van der Waals surface area contributed by atoms with Crippen LogP contribution in [0.3, 0.4) is 0 Å². The van der Waals surface area contributed by atoms with Gasteiger partial charge in [-0.3, -0.25) is 4.90 Å². The number of unbranched alkanes of at least 4 members (excludes halogenated alkanes) is 1. The number of nitrogens with zero attached hydrogens (tertiary/aromatic N) is 4. The van der Waals surface area contributed by atoms with Crippen molar-refractivity contribution in [3.63, 3.8) is 0 Å². The highest BCUT2D eigenvalue weighted by Gasteiger charge is 2.25. The minimum Gasteiger partial charge on any atom is -0.440 e. The Morgan fingerprint density at radius 1 is 1.23 bits per heavy atom. The number of aromatic nitrogens is 3. The van der Waals surface area contributed by atoms with E-state index < -0.39 is 0 Å². The maximum absolute atomic E-state index is 6.03. The fourth-order valence-electron chi connectivity index (χ4n) is 3.41. The van der Waals surface area contributed by atoms with Gasteiger partial charge >= 0.3 is 0 Å². The van der Waals surface area contributed by atoms with Crippen LogP contribution in [0, 0.1) is 0 Å². The molecule has 3 aromatic rings. The molecule has 0 amide bonds. The minimum absolute atomic E-state index is 0.347. The molecule has 4 rings (SSSR count). The van der Waals surface area contributed by atoms with Crippen molar-refractivity contribution in [3.8, 4) is 0 Å². The average molecular weight is 375 g/mol. The van der Waals surface area contributed by atoms with Crippen LogP contribution in [0.15, 0.2) is 27.1 Å². The number of halogens is 1. The molecule has 26 heavy (non-hydrogen) atoms. The average Bonchev–Trinajstić information content (AvgIpc) is 3.27. The third-order valence-electron chi connectivity index (χ3n) is 4.93. The van der Waals surface area contributed by atoms with Gasteiger partial charge in [-0.1, -0.05) is 30.1 Å². The molecule has 1 aromatic carbocycles. The first-order valence-corrected chi connectivity index (χ1v) is 9.69. The molecule has 0 aliphatic carbocycles. The van der Waals surface area contributed by atoms with E-state index in [9.17, 15) is 0 Å². The van der Waals surface area contributed by atoms with Crippen molar-refractivity contribution in [2.24, 2.45) is 0 Å². The van der Waals surface area contributed by atoms with Crippen LogP contribution in [0.1, 0.15) is 56.1 Å². The number of fused-ring (bicyclic) bond motifs is 1. The van der Waals surface area contributed by atoms with Crippen LogP contribution in [0.2, 0.25) is 5.02 Å². The van der Waals surface area contributed by atoms with Crippen molar-refractivity contribution in [1.29, 1.82) is 0 Å². The Labute approximate surface area is 157 Å². The highest BCUT2D eigenvalue weighted by Crippen LogP contribution is 2.31. The molecule has 0 N–H and O–H groups in total. The summed E-state index contributed by atoms with van der Waals surface area (Å²) in [5, 5.41) is 4.75. The SMILES string of the molecule is CCCCc1noc(CN2CCC(c3nc4cc(Cl)ccc4o3)CC2)n1. The lowest BCUT2D eigenvalue weighted by Crippen LogP contribution is -2.32. The highest BCUT2D eigenvalue weighted by molar-refractivity contribution is 6.31. The number of oxazole rings is 1. The predicted octanol–water partition coefficient (Wildman–Crippen LogP) is 4.59. The van der Waals surface area contributed by atoms with Crippen LogP contribution in [-0.2, 0) is 13.0 Å². The van der Waals surface area contributed by atoms with Crippen molar-refractivity contribution >= 4 is 22.7 Å². The lowest BCUT2D eigenvalue weighted by Gasteiger charge is -2.29. The van der Waals surface area contributed by atoms with Gasteiger partial charge in [0.05, 0.1) is 6.54 Å². The van der Waals surface area contributed by atoms with Gasteiger partial charge in [0.25, 0.3) is 0 Å². The molecule has 7 heteroatoms. The Balaban J connectivity index is 1.33. The molecule has 138 valence electrons. The number of hydrogen-bond donors (Lipinski definition) is 0. The molecule has 0 saturated carbocycles. The third-order valence-corrected chi connectivity index (χ3v) is 5.16. The number of aryl methyl sites for hydroxylation is 1. The van der Waals surface area contributed by atoms with Gasteiger partial charge < -0.3 is 8.94 Å². The first-order chi connectivity index (χ1) is 12.7. The second-order valence-corrected chi connectivity index (χ2v) is 7.36. The van der Waals surface area contributed by atoms with Crippen LogP contribution in [0.4, 0.5) is 0 Å². The van der Waals surface area contributed by atoms with Crippen molar-refractivity contribution in [3.05, 3.63) is 40.8 Å². The quantitative estimate of drug-likeness (QED) is 0.628. The predicted molar refractivity (Wildman–Crippen MR) is 99.2 cm³/mol. The normalized spacial score (nSPS) is 16.5. The summed E-state index contributed by atoms with van der Waals surface area (Å²) in [7, 11) is 0. The molecule has 1 aliphatic heterocycles. The maximum atomic E-state index is 6.03. The van der Waals surface area contributed by atoms with Crippen LogP contribution in [0.25, 0.3) is 11.1 Å². The van der Waals surface area contributed by atoms with E-state index in [1.165, 1.54) is 0 Å². The van der Waals surface area contributed by atoms with Gasteiger partial charge in [-0.15, -0.1) is 0 Å². The number of hydrogen-bond acceptors (Lipinski definition) is 6. The molecular formula is C19H23ClN4O2. The zero-order valence-corrected chi connectivity index (χ0v) is 15.7. The second kappa shape index (κ2) is 7.76. The number of likely N-dealkylation sites (tertiary alicyclic amines) is 1. The van der Waals surface area contributed by atoms with Crippen molar-refractivity contribution in [2.75, 3.05) is 13.1 Å². The molecular weight excluding hydrogens is 352 g/mol. The summed E-state index contributed by atoms with van der Waals surface area (Å²) >= 11 is 6.03. The van der Waals surface area contributed by atoms with E-state index in [2.05, 4.69) is 26.9 Å². The first-order valence-electron chi connectivity index (χ1n) is 9.31. The number of benzene rings is 1. The smallest absolute Gasteiger partial charge is 0.240 e. The van der Waals surface area contributed by atoms with E-state index in [4.69, 9.17) is 20.5 Å². The Kier molecular flexibility index (Phi) is 5.22. The van der Waals surface area contributed by atoms with Gasteiger partial charge in [-0.05, 0) is 50.6 Å². The first kappa shape index (κ1) is 17.5. The maximum Gasteiger partial charge on any atom is 0.240 e. The molecule has 0 atom stereocenters. The standard InChI is InChI=1S/C19H23ClN4O2/c1-2-3-4-17-22-18(26-23-17)12-24-9-7-13(8-10-24)19-21-15-11-14(20)5-6-16(15)25-19/h5-6,11,13H,2-4,7-10,12H2,1H3. The Hall–Kier alpha value is -1.92. The minimum atomic E-state index is 0.347. The number of piperidine rings is 1. The van der Waals surface area contributed by atoms with Gasteiger partial charge in [-0.25, -0.2) is 4.98 Å². The molecule has 1 aliphatic rings. The van der Waals surface area contributed by atoms with Gasteiger partial charge in [0.15, 0.2) is 17.3 Å². The summed E-state index contributed by atoms with van der Waals surface area (Å²) in [5.41, 5.74) is 1.64. The summed E-state index contributed by atoms with van der Waals surface area (Å²) in [6.07, 6.45) is 5.15. The summed E-state index contributed by atoms with van der Waals surface area (Å²) in [4.78, 5) is 11.5. The van der Waals surface area contributed by atoms with E-state index in [0.29, 0.717) is 16.8 Å². The van der Waals surface area contributed by atoms with E-state index >= 15 is 0 Å². The molecule has 0 radical (unpaired) electrons. The molecule has 6 nitrogen and oxygen atoms in total. The molecule has 0 unspecified atom stereocenters. The summed E-state index contributed by atoms with van der Waals surface area (Å²) in [6, 6.07) is 5.57. The van der Waals surface area contributed by atoms with E-state index in [1.807, 2.05) is 18.2 Å². The lowest BCUT2D eigenvalue weighted by atomic mass is 9.97. The van der Waals surface area contributed by atoms with Crippen LogP contribution in [0.5, 0.6) is 0 Å². The molecule has 3 heterocycles. The fraction of sp³-hybridized carbons (Fsp3) is 0.526. The topological polar surface area (TPSA) is 68.2 Å². The zero-order valence-electron chi connectivity index (χ0n) is 14.9. The van der Waals surface area contributed by atoms with Gasteiger partial charge in [0.1, 0.15) is 5.52 Å². The molecule has 0 spiro atoms. The zero-order chi connectivity index (χ0) is 17.9. The molecule has 2 aromatic heterocycles. The largest absolute Gasteiger partial charge is 0.440 e. The fourth-order valence-corrected chi connectivity index (χ4v) is 3.58. The van der Waals surface area contributed by atoms with Gasteiger partial charge in [0.2, 0.25) is 5.89 Å². The van der Waals surface area contributed by atoms with Crippen molar-refractivity contribution < 1.29 is 8.94 Å². The summed E-state index contributed by atoms with van der Waals surface area (Å²) in [5.74, 6) is 2.70. The molecule has 1 saturated heterocycles. The van der Waals surface area contributed by atoms with E-state index in [1.54, 1.807) is 0 Å². The third kappa shape index (κ3) is 3.91. The Morgan fingerprint density at radius 3 is 2.88 bits per heavy atom. The molecule has 1 fully saturated rings. The van der Waals surface area contributed by atoms with E-state index in [0.717, 1.165) is 74.6 Å². The summed E-state index contributed by atoms with van der Waals surface area (Å²) in [6.45, 7) is 4.82. The van der Waals surface area contributed by atoms with Gasteiger partial charge in [0, 0.05) is 17.4 Å². The Bertz CT molecular complexity index is 867. The van der Waals surface area contributed by atoms with Crippen molar-refractivity contribution in [2.45, 2.75) is 51.5 Å². The van der Waals surface area contributed by atoms with Crippen LogP contribution in [-0.4, -0.2) is 33.1 Å². The second-order valence-electron chi connectivity index (χ2n) is 6.92. The summed E-state index contributed by atoms with van der Waals surface area (Å²) < 4.78 is 11.3.